The first kappa shape index (κ1) is 26.5. The molecule has 0 amide bonds. The van der Waals surface area contributed by atoms with Gasteiger partial charge < -0.3 is 18.9 Å². The molecule has 0 radical (unpaired) electrons. The molecule has 4 aromatic heterocycles. The third-order valence-electron chi connectivity index (χ3n) is 10.1. The molecule has 49 heavy (non-hydrogen) atoms. The molecular weight excluding hydrogens is 603 g/mol. The molecule has 6 heteroatoms. The number of para-hydroxylation sites is 5. The van der Waals surface area contributed by atoms with Crippen LogP contribution in [0.4, 0.5) is 17.1 Å². The van der Waals surface area contributed by atoms with Gasteiger partial charge >= 0.3 is 0 Å². The van der Waals surface area contributed by atoms with Gasteiger partial charge in [0, 0.05) is 67.7 Å². The maximum Gasteiger partial charge on any atom is 0.162 e. The molecule has 6 nitrogen and oxygen atoms in total. The molecule has 0 saturated heterocycles. The van der Waals surface area contributed by atoms with Crippen LogP contribution in [-0.2, 0) is 0 Å². The van der Waals surface area contributed by atoms with Crippen LogP contribution in [0.3, 0.4) is 0 Å². The number of pyridine rings is 1. The van der Waals surface area contributed by atoms with Crippen molar-refractivity contribution < 1.29 is 4.74 Å². The van der Waals surface area contributed by atoms with Crippen molar-refractivity contribution in [2.75, 3.05) is 16.8 Å². The average molecular weight is 631 g/mol. The summed E-state index contributed by atoms with van der Waals surface area (Å²) >= 11 is 0. The smallest absolute Gasteiger partial charge is 0.162 e. The third kappa shape index (κ3) is 3.63. The Morgan fingerprint density at radius 1 is 0.510 bits per heavy atom. The van der Waals surface area contributed by atoms with Crippen LogP contribution in [0.2, 0.25) is 0 Å². The number of benzene rings is 6. The summed E-state index contributed by atoms with van der Waals surface area (Å²) < 4.78 is 11.4. The fraction of sp³-hybridized carbons (Fsp3) is 0.0233. The lowest BCUT2D eigenvalue weighted by Gasteiger charge is -2.31. The lowest BCUT2D eigenvalue weighted by Crippen LogP contribution is -2.17. The molecule has 0 aliphatic carbocycles. The first-order valence-electron chi connectivity index (χ1n) is 16.5. The predicted octanol–water partition coefficient (Wildman–Crippen LogP) is 10.9. The Morgan fingerprint density at radius 3 is 1.98 bits per heavy atom. The van der Waals surface area contributed by atoms with Gasteiger partial charge in [-0.05, 0) is 61.6 Å². The number of ether oxygens (including phenoxy) is 1. The molecule has 1 aliphatic heterocycles. The van der Waals surface area contributed by atoms with Crippen molar-refractivity contribution in [2.24, 2.45) is 0 Å². The normalized spacial score (nSPS) is 13.2. The monoisotopic (exact) mass is 630 g/mol. The zero-order chi connectivity index (χ0) is 32.2. The molecule has 0 atom stereocenters. The van der Waals surface area contributed by atoms with Crippen LogP contribution in [0.15, 0.2) is 146 Å². The standard InChI is InChI=1S/C43H28N5O/c1-45-26-46(38-19-5-4-18-37(38)45)27-10-6-11-28(24-27)49-29-21-22-31-33-14-8-16-35-34-15-7-13-32-30-12-2-3-17-36(30)47(41(32)34)39-20-9-23-44-43(39)48(42(33)35)40(31)25-29/h2-26H,1H3/q-1. The van der Waals surface area contributed by atoms with Gasteiger partial charge in [0.25, 0.3) is 0 Å². The summed E-state index contributed by atoms with van der Waals surface area (Å²) in [6, 6.07) is 49.3. The van der Waals surface area contributed by atoms with Crippen molar-refractivity contribution in [1.82, 2.24) is 13.8 Å². The Bertz CT molecular complexity index is 2990. The molecule has 11 rings (SSSR count). The second-order valence-electron chi connectivity index (χ2n) is 12.8. The van der Waals surface area contributed by atoms with Gasteiger partial charge in [-0.25, -0.2) is 4.98 Å². The Balaban J connectivity index is 1.17. The average Bonchev–Trinajstić information content (AvgIpc) is 3.78. The first-order chi connectivity index (χ1) is 24.2. The maximum atomic E-state index is 6.64. The van der Waals surface area contributed by atoms with Gasteiger partial charge in [-0.3, -0.25) is 4.40 Å². The number of hydrogen-bond donors (Lipinski definition) is 0. The van der Waals surface area contributed by atoms with E-state index in [9.17, 15) is 0 Å². The first-order valence-corrected chi connectivity index (χ1v) is 16.5. The summed E-state index contributed by atoms with van der Waals surface area (Å²) in [6.07, 6.45) is 1.90. The SMILES string of the molecule is CN1[CH-]N(c2cccc(Oc3ccc4c5cccc6c7cccc8c9ccccc9n(c9cccnc9n(c4c3)c56)c87)c2)c2ccccc21. The van der Waals surface area contributed by atoms with Crippen molar-refractivity contribution in [3.8, 4) is 11.5 Å². The van der Waals surface area contributed by atoms with Crippen LogP contribution < -0.4 is 14.5 Å². The minimum atomic E-state index is 0.766. The van der Waals surface area contributed by atoms with Crippen molar-refractivity contribution in [1.29, 1.82) is 0 Å². The van der Waals surface area contributed by atoms with E-state index in [4.69, 9.17) is 9.72 Å². The van der Waals surface area contributed by atoms with E-state index in [1.807, 2.05) is 24.4 Å². The summed E-state index contributed by atoms with van der Waals surface area (Å²) in [5.74, 6) is 1.54. The molecule has 232 valence electrons. The van der Waals surface area contributed by atoms with E-state index in [1.54, 1.807) is 0 Å². The molecule has 0 N–H and O–H groups in total. The molecule has 10 aromatic rings. The van der Waals surface area contributed by atoms with Crippen LogP contribution in [0.25, 0.3) is 65.5 Å². The van der Waals surface area contributed by atoms with Gasteiger partial charge in [-0.15, -0.1) is 0 Å². The van der Waals surface area contributed by atoms with E-state index in [0.29, 0.717) is 0 Å². The molecule has 0 spiro atoms. The zero-order valence-corrected chi connectivity index (χ0v) is 26.6. The highest BCUT2D eigenvalue weighted by Crippen LogP contribution is 2.44. The van der Waals surface area contributed by atoms with Crippen molar-refractivity contribution in [3.05, 3.63) is 152 Å². The highest BCUT2D eigenvalue weighted by atomic mass is 16.5. The Labute approximate surface area is 281 Å². The topological polar surface area (TPSA) is 37.4 Å². The predicted molar refractivity (Wildman–Crippen MR) is 201 cm³/mol. The number of rotatable bonds is 3. The molecule has 0 saturated carbocycles. The maximum absolute atomic E-state index is 6.64. The second-order valence-corrected chi connectivity index (χ2v) is 12.8. The summed E-state index contributed by atoms with van der Waals surface area (Å²) in [6.45, 7) is 2.11. The van der Waals surface area contributed by atoms with Crippen LogP contribution >= 0.6 is 0 Å². The fourth-order valence-electron chi connectivity index (χ4n) is 8.07. The molecule has 0 unspecified atom stereocenters. The molecule has 1 aliphatic rings. The van der Waals surface area contributed by atoms with Crippen LogP contribution in [0.5, 0.6) is 11.5 Å². The van der Waals surface area contributed by atoms with Crippen molar-refractivity contribution >= 4 is 82.6 Å². The number of aromatic nitrogens is 3. The quantitative estimate of drug-likeness (QED) is 0.182. The van der Waals surface area contributed by atoms with E-state index < -0.39 is 0 Å². The van der Waals surface area contributed by atoms with E-state index in [-0.39, 0.29) is 0 Å². The Kier molecular flexibility index (Phi) is 5.28. The van der Waals surface area contributed by atoms with Crippen molar-refractivity contribution in [3.63, 3.8) is 0 Å². The number of anilines is 3. The molecular formula is C43H28N5O-. The Hall–Kier alpha value is -6.53. The minimum Gasteiger partial charge on any atom is -0.504 e. The van der Waals surface area contributed by atoms with Gasteiger partial charge in [-0.1, -0.05) is 72.8 Å². The molecule has 6 aromatic carbocycles. The van der Waals surface area contributed by atoms with Gasteiger partial charge in [0.2, 0.25) is 0 Å². The van der Waals surface area contributed by atoms with Crippen LogP contribution in [0, 0.1) is 6.67 Å². The number of nitrogens with zero attached hydrogens (tertiary/aromatic N) is 5. The van der Waals surface area contributed by atoms with Crippen LogP contribution in [0.1, 0.15) is 0 Å². The van der Waals surface area contributed by atoms with E-state index in [0.717, 1.165) is 50.5 Å². The Morgan fingerprint density at radius 2 is 1.14 bits per heavy atom. The van der Waals surface area contributed by atoms with E-state index in [1.165, 1.54) is 43.7 Å². The van der Waals surface area contributed by atoms with Gasteiger partial charge in [0.15, 0.2) is 5.65 Å². The molecule has 5 heterocycles. The molecule has 0 bridgehead atoms. The lowest BCUT2D eigenvalue weighted by atomic mass is 10.0. The van der Waals surface area contributed by atoms with Gasteiger partial charge in [0.05, 0.1) is 27.6 Å². The van der Waals surface area contributed by atoms with E-state index >= 15 is 0 Å². The highest BCUT2D eigenvalue weighted by molar-refractivity contribution is 6.25. The van der Waals surface area contributed by atoms with Crippen LogP contribution in [-0.4, -0.2) is 20.8 Å². The number of fused-ring (bicyclic) bond motifs is 11. The summed E-state index contributed by atoms with van der Waals surface area (Å²) in [7, 11) is 2.07. The van der Waals surface area contributed by atoms with E-state index in [2.05, 4.69) is 154 Å². The molecule has 0 fully saturated rings. The lowest BCUT2D eigenvalue weighted by molar-refractivity contribution is 0.483. The largest absolute Gasteiger partial charge is 0.504 e. The van der Waals surface area contributed by atoms with Gasteiger partial charge in [-0.2, -0.15) is 6.67 Å². The van der Waals surface area contributed by atoms with Gasteiger partial charge in [0.1, 0.15) is 11.5 Å². The highest BCUT2D eigenvalue weighted by Gasteiger charge is 2.20. The fourth-order valence-corrected chi connectivity index (χ4v) is 8.07. The third-order valence-corrected chi connectivity index (χ3v) is 10.1. The van der Waals surface area contributed by atoms with Crippen molar-refractivity contribution in [2.45, 2.75) is 0 Å². The summed E-state index contributed by atoms with van der Waals surface area (Å²) in [5, 5.41) is 7.21. The summed E-state index contributed by atoms with van der Waals surface area (Å²) in [5.41, 5.74) is 9.85. The minimum absolute atomic E-state index is 0.766. The summed E-state index contributed by atoms with van der Waals surface area (Å²) in [4.78, 5) is 9.44. The second kappa shape index (κ2) is 9.75. The zero-order valence-electron chi connectivity index (χ0n) is 26.6. The number of hydrogen-bond acceptors (Lipinski definition) is 4.